The maximum Gasteiger partial charge on any atom is 0.252 e. The van der Waals surface area contributed by atoms with Gasteiger partial charge in [-0.2, -0.15) is 0 Å². The van der Waals surface area contributed by atoms with E-state index in [1.54, 1.807) is 32.5 Å². The van der Waals surface area contributed by atoms with Crippen LogP contribution in [0.3, 0.4) is 0 Å². The predicted octanol–water partition coefficient (Wildman–Crippen LogP) is 3.90. The van der Waals surface area contributed by atoms with Crippen molar-refractivity contribution in [1.29, 1.82) is 0 Å². The average molecular weight is 542 g/mol. The summed E-state index contributed by atoms with van der Waals surface area (Å²) in [5.74, 6) is 1.44. The number of hydrogen-bond donors (Lipinski definition) is 1. The Morgan fingerprint density at radius 2 is 1.43 bits per heavy atom. The number of hydrogen-bond acceptors (Lipinski definition) is 7. The van der Waals surface area contributed by atoms with Crippen molar-refractivity contribution < 1.29 is 28.8 Å². The molecule has 0 spiro atoms. The number of fused-ring (bicyclic) bond motifs is 2. The average Bonchev–Trinajstić information content (AvgIpc) is 3.47. The molecule has 1 aromatic heterocycles. The van der Waals surface area contributed by atoms with Crippen LogP contribution in [0.25, 0.3) is 0 Å². The monoisotopic (exact) mass is 541 g/mol. The van der Waals surface area contributed by atoms with Gasteiger partial charge in [-0.1, -0.05) is 60.7 Å². The van der Waals surface area contributed by atoms with Crippen LogP contribution in [0.4, 0.5) is 0 Å². The van der Waals surface area contributed by atoms with E-state index in [4.69, 9.17) is 23.7 Å². The molecule has 2 aliphatic heterocycles. The molecule has 3 heterocycles. The maximum absolute atomic E-state index is 12.6. The molecule has 6 rings (SSSR count). The summed E-state index contributed by atoms with van der Waals surface area (Å²) in [6, 6.07) is 30.2. The van der Waals surface area contributed by atoms with E-state index in [9.17, 15) is 9.90 Å². The van der Waals surface area contributed by atoms with E-state index in [1.807, 2.05) is 78.9 Å². The van der Waals surface area contributed by atoms with Gasteiger partial charge < -0.3 is 28.8 Å². The van der Waals surface area contributed by atoms with E-state index >= 15 is 0 Å². The van der Waals surface area contributed by atoms with Gasteiger partial charge in [-0.05, 0) is 47.0 Å². The number of methoxy groups -OCH3 is 2. The van der Waals surface area contributed by atoms with Crippen LogP contribution in [0.1, 0.15) is 22.9 Å². The van der Waals surface area contributed by atoms with E-state index in [2.05, 4.69) is 0 Å². The van der Waals surface area contributed by atoms with E-state index in [0.29, 0.717) is 0 Å². The van der Waals surface area contributed by atoms with E-state index in [-0.39, 0.29) is 18.8 Å². The second-order valence-electron chi connectivity index (χ2n) is 10.0. The summed E-state index contributed by atoms with van der Waals surface area (Å²) in [6.07, 6.45) is -0.822. The van der Waals surface area contributed by atoms with Crippen LogP contribution in [0, 0.1) is 0 Å². The Kier molecular flexibility index (Phi) is 6.93. The van der Waals surface area contributed by atoms with Gasteiger partial charge in [0.2, 0.25) is 0 Å². The summed E-state index contributed by atoms with van der Waals surface area (Å²) in [5, 5.41) is 11.4. The molecule has 4 atom stereocenters. The molecule has 0 saturated carbocycles. The first-order valence-electron chi connectivity index (χ1n) is 13.1. The van der Waals surface area contributed by atoms with Crippen molar-refractivity contribution in [3.63, 3.8) is 0 Å². The lowest BCUT2D eigenvalue weighted by atomic mass is 9.79. The summed E-state index contributed by atoms with van der Waals surface area (Å²) in [6.45, 7) is 0.128. The van der Waals surface area contributed by atoms with Gasteiger partial charge in [-0.25, -0.2) is 0 Å². The largest absolute Gasteiger partial charge is 0.497 e. The SMILES string of the molecule is COc1ccc(C(OCC23COC(C(n4ccccc4=O)O2)C3O)(c2ccccc2)c2ccc(OC)cc2)cc1. The molecule has 4 aromatic rings. The molecular formula is C32H31NO7. The van der Waals surface area contributed by atoms with Crippen LogP contribution >= 0.6 is 0 Å². The molecule has 2 bridgehead atoms. The minimum atomic E-state index is -1.18. The van der Waals surface area contributed by atoms with Crippen molar-refractivity contribution in [2.24, 2.45) is 0 Å². The Bertz CT molecular complexity index is 1460. The van der Waals surface area contributed by atoms with Crippen LogP contribution in [-0.2, 0) is 19.8 Å². The van der Waals surface area contributed by atoms with E-state index in [1.165, 1.54) is 10.6 Å². The predicted molar refractivity (Wildman–Crippen MR) is 148 cm³/mol. The van der Waals surface area contributed by atoms with Crippen LogP contribution < -0.4 is 15.0 Å². The Balaban J connectivity index is 1.44. The number of aliphatic hydroxyl groups is 1. The highest BCUT2D eigenvalue weighted by Gasteiger charge is 2.62. The fourth-order valence-corrected chi connectivity index (χ4v) is 5.69. The summed E-state index contributed by atoms with van der Waals surface area (Å²) < 4.78 is 31.7. The molecule has 0 radical (unpaired) electrons. The lowest BCUT2D eigenvalue weighted by Gasteiger charge is -2.39. The molecule has 1 N–H and O–H groups in total. The first kappa shape index (κ1) is 26.3. The van der Waals surface area contributed by atoms with Gasteiger partial charge in [0, 0.05) is 12.3 Å². The molecule has 4 unspecified atom stereocenters. The second-order valence-corrected chi connectivity index (χ2v) is 10.0. The molecule has 0 amide bonds. The summed E-state index contributed by atoms with van der Waals surface area (Å²) in [5.41, 5.74) is 0.114. The van der Waals surface area contributed by atoms with Gasteiger partial charge in [0.05, 0.1) is 27.4 Å². The lowest BCUT2D eigenvalue weighted by Crippen LogP contribution is -2.48. The molecule has 206 valence electrons. The normalized spacial score (nSPS) is 23.7. The summed E-state index contributed by atoms with van der Waals surface area (Å²) in [7, 11) is 3.25. The number of pyridine rings is 1. The number of aliphatic hydroxyl groups excluding tert-OH is 1. The van der Waals surface area contributed by atoms with Crippen LogP contribution in [-0.4, -0.2) is 54.9 Å². The van der Waals surface area contributed by atoms with Crippen LogP contribution in [0.5, 0.6) is 11.5 Å². The third kappa shape index (κ3) is 4.30. The Morgan fingerprint density at radius 3 is 2.00 bits per heavy atom. The van der Waals surface area contributed by atoms with Gasteiger partial charge in [-0.3, -0.25) is 9.36 Å². The molecule has 0 aliphatic carbocycles. The zero-order valence-corrected chi connectivity index (χ0v) is 22.3. The van der Waals surface area contributed by atoms with Crippen LogP contribution in [0.2, 0.25) is 0 Å². The van der Waals surface area contributed by atoms with E-state index < -0.39 is 29.6 Å². The van der Waals surface area contributed by atoms with Crippen molar-refractivity contribution in [3.05, 3.63) is 130 Å². The van der Waals surface area contributed by atoms with Crippen molar-refractivity contribution in [2.45, 2.75) is 29.6 Å². The molecular weight excluding hydrogens is 510 g/mol. The highest BCUT2D eigenvalue weighted by Crippen LogP contribution is 2.48. The molecule has 2 fully saturated rings. The van der Waals surface area contributed by atoms with Gasteiger partial charge in [0.15, 0.2) is 6.23 Å². The highest BCUT2D eigenvalue weighted by molar-refractivity contribution is 5.49. The number of rotatable bonds is 9. The molecule has 40 heavy (non-hydrogen) atoms. The van der Waals surface area contributed by atoms with Gasteiger partial charge in [0.1, 0.15) is 34.9 Å². The number of aromatic nitrogens is 1. The number of nitrogens with zero attached hydrogens (tertiary/aromatic N) is 1. The van der Waals surface area contributed by atoms with Gasteiger partial charge in [0.25, 0.3) is 5.56 Å². The van der Waals surface area contributed by atoms with Crippen molar-refractivity contribution in [3.8, 4) is 11.5 Å². The minimum absolute atomic E-state index is 0.00426. The van der Waals surface area contributed by atoms with Crippen LogP contribution in [0.15, 0.2) is 108 Å². The first-order chi connectivity index (χ1) is 19.5. The summed E-state index contributed by atoms with van der Waals surface area (Å²) >= 11 is 0. The fraction of sp³-hybridized carbons (Fsp3) is 0.281. The maximum atomic E-state index is 12.6. The number of benzene rings is 3. The molecule has 2 saturated heterocycles. The molecule has 8 heteroatoms. The molecule has 8 nitrogen and oxygen atoms in total. The number of ether oxygens (including phenoxy) is 5. The first-order valence-corrected chi connectivity index (χ1v) is 13.1. The minimum Gasteiger partial charge on any atom is -0.497 e. The standard InChI is InChI=1S/C32H31NO7/c1-36-25-15-11-23(12-16-25)32(22-8-4-3-5-9-22,24-13-17-26(37-2)18-14-24)39-21-31-20-38-28(29(31)35)30(40-31)33-19-7-6-10-27(33)34/h3-19,28-30,35H,20-21H2,1-2H3. The van der Waals surface area contributed by atoms with E-state index in [0.717, 1.165) is 28.2 Å². The summed E-state index contributed by atoms with van der Waals surface area (Å²) in [4.78, 5) is 12.6. The topological polar surface area (TPSA) is 88.4 Å². The zero-order valence-electron chi connectivity index (χ0n) is 22.3. The quantitative estimate of drug-likeness (QED) is 0.322. The fourth-order valence-electron chi connectivity index (χ4n) is 5.69. The van der Waals surface area contributed by atoms with Crippen molar-refractivity contribution >= 4 is 0 Å². The third-order valence-corrected chi connectivity index (χ3v) is 7.84. The van der Waals surface area contributed by atoms with Gasteiger partial charge in [-0.15, -0.1) is 0 Å². The van der Waals surface area contributed by atoms with Crippen molar-refractivity contribution in [1.82, 2.24) is 4.57 Å². The second kappa shape index (κ2) is 10.6. The van der Waals surface area contributed by atoms with Crippen molar-refractivity contribution in [2.75, 3.05) is 27.4 Å². The Labute approximate surface area is 232 Å². The smallest absolute Gasteiger partial charge is 0.252 e. The van der Waals surface area contributed by atoms with Gasteiger partial charge >= 0.3 is 0 Å². The third-order valence-electron chi connectivity index (χ3n) is 7.84. The Hall–Kier alpha value is -3.95. The lowest BCUT2D eigenvalue weighted by molar-refractivity contribution is -0.204. The Morgan fingerprint density at radius 1 is 0.850 bits per heavy atom. The zero-order chi connectivity index (χ0) is 27.7. The molecule has 2 aliphatic rings. The molecule has 3 aromatic carbocycles. The highest BCUT2D eigenvalue weighted by atomic mass is 16.7.